The van der Waals surface area contributed by atoms with Crippen molar-refractivity contribution in [3.8, 4) is 34.2 Å². The Bertz CT molecular complexity index is 5990. The first-order valence-electron chi connectivity index (χ1n) is 34.0. The van der Waals surface area contributed by atoms with Gasteiger partial charge in [0.1, 0.15) is 27.9 Å². The van der Waals surface area contributed by atoms with Crippen molar-refractivity contribution in [3.05, 3.63) is 266 Å². The van der Waals surface area contributed by atoms with E-state index in [4.69, 9.17) is 57.1 Å². The van der Waals surface area contributed by atoms with E-state index in [0.717, 1.165) is 76.4 Å². The summed E-state index contributed by atoms with van der Waals surface area (Å²) in [6.07, 6.45) is 12.3. The fourth-order valence-corrected chi connectivity index (χ4v) is 10.5. The number of hydrogen-bond acceptors (Lipinski definition) is 24. The Labute approximate surface area is 757 Å². The molecule has 0 aliphatic carbocycles. The van der Waals surface area contributed by atoms with E-state index in [9.17, 15) is 28.8 Å². The number of furan rings is 6. The molecule has 9 heterocycles. The fraction of sp³-hybridized carbons (Fsp3) is 0.136. The third-order valence-corrected chi connectivity index (χ3v) is 14.3. The molecule has 0 saturated carbocycles. The topological polar surface area (TPSA) is 380 Å². The number of fused-ring (bicyclic) bond motifs is 17. The minimum Gasteiger partial charge on any atom is -0.512 e. The quantitative estimate of drug-likeness (QED) is 0.0444. The minimum atomic E-state index is -0.125. The second-order valence-corrected chi connectivity index (χ2v) is 24.4. The van der Waals surface area contributed by atoms with Crippen molar-refractivity contribution in [3.63, 3.8) is 0 Å². The Balaban J connectivity index is 0.000000477. The molecule has 7 aromatic carbocycles. The zero-order chi connectivity index (χ0) is 81.3. The zero-order valence-electron chi connectivity index (χ0n) is 64.7. The summed E-state index contributed by atoms with van der Waals surface area (Å²) in [5.74, 6) is 1.72. The molecule has 6 N–H and O–H groups in total. The van der Waals surface area contributed by atoms with Gasteiger partial charge in [0.15, 0.2) is 45.9 Å². The van der Waals surface area contributed by atoms with Crippen LogP contribution in [-0.2, 0) is 149 Å². The zero-order valence-corrected chi connectivity index (χ0v) is 79.1. The summed E-state index contributed by atoms with van der Waals surface area (Å²) in [6.45, 7) is 17.1. The van der Waals surface area contributed by atoms with E-state index < -0.39 is 0 Å². The Morgan fingerprint density at radius 2 is 0.551 bits per heavy atom. The van der Waals surface area contributed by atoms with Crippen LogP contribution in [0.25, 0.3) is 145 Å². The smallest absolute Gasteiger partial charge is 0.300 e. The van der Waals surface area contributed by atoms with Crippen molar-refractivity contribution in [1.82, 2.24) is 29.9 Å². The molecule has 16 aromatic rings. The second-order valence-electron chi connectivity index (χ2n) is 24.4. The van der Waals surface area contributed by atoms with Gasteiger partial charge in [-0.2, -0.15) is 0 Å². The minimum absolute atomic E-state index is 0. The van der Waals surface area contributed by atoms with E-state index >= 15 is 0 Å². The first-order chi connectivity index (χ1) is 53.4. The number of carbonyl (C=O) groups is 6. The Morgan fingerprint density at radius 1 is 0.280 bits per heavy atom. The summed E-state index contributed by atoms with van der Waals surface area (Å²) in [7, 11) is 0. The van der Waals surface area contributed by atoms with Gasteiger partial charge in [-0.1, -0.05) is 48.5 Å². The number of aliphatic hydroxyl groups excluding tert-OH is 6. The van der Waals surface area contributed by atoms with Crippen molar-refractivity contribution in [2.45, 2.75) is 83.1 Å². The van der Waals surface area contributed by atoms with Crippen molar-refractivity contribution < 1.29 is 207 Å². The van der Waals surface area contributed by atoms with Crippen molar-refractivity contribution in [1.29, 1.82) is 0 Å². The van der Waals surface area contributed by atoms with E-state index in [-0.39, 0.29) is 190 Å². The van der Waals surface area contributed by atoms with Crippen LogP contribution in [0.2, 0.25) is 0 Å². The number of rotatable bonds is 9. The molecule has 24 nitrogen and oxygen atoms in total. The number of para-hydroxylation sites is 3. The molecule has 16 rings (SSSR count). The summed E-state index contributed by atoms with van der Waals surface area (Å²) in [4.78, 5) is 86.9. The summed E-state index contributed by atoms with van der Waals surface area (Å²) < 4.78 is 35.2. The van der Waals surface area contributed by atoms with E-state index in [1.165, 1.54) is 120 Å². The van der Waals surface area contributed by atoms with Crippen molar-refractivity contribution in [2.24, 2.45) is 0 Å². The number of carbonyl (C=O) groups excluding carboxylic acids is 6. The average molecular weight is 2660 g/mol. The second kappa shape index (κ2) is 50.1. The normalized spacial score (nSPS) is 11.0. The SMILES string of the molecule is CC(=O)C=C(C)O.CC(=O)C=C(C)O.CC(=O)C=C(C)O.CC(=O)C=C(C)O.CC(=O)C=C(C)O.CC(=O)C=C(C)O.[Ir].[Ir].[Ir].[Ir].[Ir].[Ir].[c-]1ccc[c-]c1-c1ncc2c(n1)oc1c3ccccc3oc21.[c-]1ccc[c-]c1-c1ncc2c(n1)oc1ccc3oc4ccccc4c3c12.[c-]1ccc[c-]c1-c1ncc2c(n1)oc1oc3ccccc3c12. The summed E-state index contributed by atoms with van der Waals surface area (Å²) in [5, 5.41) is 58.6. The molecule has 0 aliphatic heterocycles. The molecule has 624 valence electrons. The molecule has 9 aromatic heterocycles. The van der Waals surface area contributed by atoms with Crippen molar-refractivity contribution in [2.75, 3.05) is 0 Å². The average Bonchev–Trinajstić information content (AvgIpc) is 1.59. The van der Waals surface area contributed by atoms with Gasteiger partial charge in [-0.25, -0.2) is 71.3 Å². The molecule has 118 heavy (non-hydrogen) atoms. The predicted molar refractivity (Wildman–Crippen MR) is 426 cm³/mol. The van der Waals surface area contributed by atoms with Gasteiger partial charge >= 0.3 is 5.78 Å². The Hall–Kier alpha value is -10.8. The number of benzene rings is 7. The Kier molecular flexibility index (Phi) is 43.8. The standard InChI is InChI=1S/C22H10N2O2.2C18H8N2O2.6C5H8O2.6Ir/c1-2-6-13(7-3-1)21-23-12-15-20-18(26-22(15)24-21)11-10-17-19(20)14-8-4-5-9-16(14)25-17;1-2-6-11(7-3-1)17-19-10-13-16-15(22-18(13)20-17)12-8-4-5-9-14(12)21-16;1-2-6-11(7-3-1)16-19-10-13-15-12-8-4-5-9-14(12)21-18(15)22-17(13)20-16;6*1-4(6)3-5(2)7;;;;;;/h1-5,8-12H;2*1-5,8-10H;6*3,6H,1-2H3;;;;;;/q3*-2;;;;;;;;;;;;. The molecule has 0 amide bonds. The largest absolute Gasteiger partial charge is 0.512 e. The summed E-state index contributed by atoms with van der Waals surface area (Å²) in [5.41, 5.74) is 9.15. The van der Waals surface area contributed by atoms with Crippen LogP contribution in [0.1, 0.15) is 83.1 Å². The molecular weight excluding hydrogens is 2580 g/mol. The monoisotopic (exact) mass is 2660 g/mol. The van der Waals surface area contributed by atoms with Crippen LogP contribution >= 0.6 is 0 Å². The molecular formula is C88H74Ir6N6O18-6. The molecule has 0 unspecified atom stereocenters. The van der Waals surface area contributed by atoms with Crippen LogP contribution in [0.5, 0.6) is 0 Å². The fourth-order valence-electron chi connectivity index (χ4n) is 10.5. The molecule has 6 radical (unpaired) electrons. The van der Waals surface area contributed by atoms with Crippen LogP contribution in [0.4, 0.5) is 0 Å². The third kappa shape index (κ3) is 30.3. The van der Waals surface area contributed by atoms with Crippen LogP contribution in [0, 0.1) is 36.4 Å². The molecule has 0 aliphatic rings. The Morgan fingerprint density at radius 3 is 0.898 bits per heavy atom. The van der Waals surface area contributed by atoms with Crippen molar-refractivity contribution >= 4 is 145 Å². The van der Waals surface area contributed by atoms with Gasteiger partial charge in [-0.3, -0.25) is 80.1 Å². The van der Waals surface area contributed by atoms with Gasteiger partial charge in [-0.05, 0) is 137 Å². The molecule has 0 fully saturated rings. The number of aliphatic hydroxyl groups is 6. The summed E-state index contributed by atoms with van der Waals surface area (Å²) >= 11 is 0. The molecule has 30 heteroatoms. The first kappa shape index (κ1) is 103. The maximum Gasteiger partial charge on any atom is 0.300 e. The molecule has 0 atom stereocenters. The first-order valence-corrected chi connectivity index (χ1v) is 34.0. The maximum atomic E-state index is 10.0. The van der Waals surface area contributed by atoms with Gasteiger partial charge in [-0.15, -0.1) is 0 Å². The van der Waals surface area contributed by atoms with Gasteiger partial charge < -0.3 is 72.1 Å². The van der Waals surface area contributed by atoms with E-state index in [2.05, 4.69) is 72.4 Å². The van der Waals surface area contributed by atoms with Gasteiger partial charge in [0.2, 0.25) is 17.1 Å². The summed E-state index contributed by atoms with van der Waals surface area (Å²) in [6, 6.07) is 62.3. The number of nitrogens with zero attached hydrogens (tertiary/aromatic N) is 6. The third-order valence-electron chi connectivity index (χ3n) is 14.3. The molecule has 0 saturated heterocycles. The number of hydrogen-bond donors (Lipinski definition) is 6. The van der Waals surface area contributed by atoms with Crippen LogP contribution < -0.4 is 0 Å². The number of aromatic nitrogens is 6. The molecule has 0 bridgehead atoms. The van der Waals surface area contributed by atoms with E-state index in [1.54, 1.807) is 42.9 Å². The maximum absolute atomic E-state index is 10.0. The van der Waals surface area contributed by atoms with Crippen LogP contribution in [-0.4, -0.2) is 95.2 Å². The van der Waals surface area contributed by atoms with E-state index in [1.807, 2.05) is 109 Å². The van der Waals surface area contributed by atoms with E-state index in [0.29, 0.717) is 68.2 Å². The van der Waals surface area contributed by atoms with Gasteiger partial charge in [0.05, 0.1) is 61.5 Å². The predicted octanol–water partition coefficient (Wildman–Crippen LogP) is 20.5. The molecule has 0 spiro atoms. The van der Waals surface area contributed by atoms with Crippen LogP contribution in [0.3, 0.4) is 0 Å². The number of ketones is 6. The van der Waals surface area contributed by atoms with Crippen LogP contribution in [0.15, 0.2) is 256 Å². The number of allylic oxidation sites excluding steroid dienone is 12. The van der Waals surface area contributed by atoms with Gasteiger partial charge in [0.25, 0.3) is 0 Å². The van der Waals surface area contributed by atoms with Gasteiger partial charge in [0, 0.05) is 197 Å².